The molecule has 0 N–H and O–H groups in total. The zero-order valence-electron chi connectivity index (χ0n) is 15.7. The van der Waals surface area contributed by atoms with Crippen LogP contribution >= 0.6 is 22.9 Å². The van der Waals surface area contributed by atoms with E-state index < -0.39 is 0 Å². The van der Waals surface area contributed by atoms with Crippen molar-refractivity contribution in [2.75, 3.05) is 31.1 Å². The minimum atomic E-state index is -0.343. The number of aromatic nitrogens is 4. The van der Waals surface area contributed by atoms with Crippen LogP contribution in [0.1, 0.15) is 9.67 Å². The summed E-state index contributed by atoms with van der Waals surface area (Å²) in [6.45, 7) is 2.21. The van der Waals surface area contributed by atoms with Gasteiger partial charge in [0.1, 0.15) is 10.7 Å². The number of carbonyl (C=O) groups excluding carboxylic acids is 1. The third-order valence-electron chi connectivity index (χ3n) is 5.09. The summed E-state index contributed by atoms with van der Waals surface area (Å²) >= 11 is 7.65. The first kappa shape index (κ1) is 19.0. The second-order valence-electron chi connectivity index (χ2n) is 6.89. The fourth-order valence-corrected chi connectivity index (χ4v) is 5.05. The molecule has 0 aliphatic carbocycles. The van der Waals surface area contributed by atoms with Crippen LogP contribution in [0.2, 0.25) is 5.02 Å². The number of hydrogen-bond donors (Lipinski definition) is 0. The third-order valence-corrected chi connectivity index (χ3v) is 6.73. The molecule has 0 radical (unpaired) electrons. The molecule has 0 atom stereocenters. The average Bonchev–Trinajstić information content (AvgIpc) is 3.39. The number of fused-ring (bicyclic) bond motifs is 1. The van der Waals surface area contributed by atoms with Crippen molar-refractivity contribution < 1.29 is 9.18 Å². The number of nitrogens with zero attached hydrogens (tertiary/aromatic N) is 6. The van der Waals surface area contributed by atoms with Gasteiger partial charge in [0.25, 0.3) is 5.91 Å². The summed E-state index contributed by atoms with van der Waals surface area (Å²) in [4.78, 5) is 17.3. The van der Waals surface area contributed by atoms with Crippen LogP contribution in [-0.2, 0) is 0 Å². The van der Waals surface area contributed by atoms with Crippen molar-refractivity contribution in [1.29, 1.82) is 0 Å². The molecule has 2 aromatic carbocycles. The van der Waals surface area contributed by atoms with Gasteiger partial charge in [-0.05, 0) is 40.8 Å². The van der Waals surface area contributed by atoms with Gasteiger partial charge in [0.2, 0.25) is 5.95 Å². The van der Waals surface area contributed by atoms with E-state index in [9.17, 15) is 9.18 Å². The van der Waals surface area contributed by atoms with Crippen LogP contribution in [-0.4, -0.2) is 57.2 Å². The number of halogens is 2. The maximum absolute atomic E-state index is 13.5. The Kier molecular flexibility index (Phi) is 4.84. The van der Waals surface area contributed by atoms with Crippen LogP contribution in [0, 0.1) is 5.82 Å². The molecule has 1 fully saturated rings. The van der Waals surface area contributed by atoms with Gasteiger partial charge in [-0.1, -0.05) is 34.9 Å². The number of benzene rings is 2. The summed E-state index contributed by atoms with van der Waals surface area (Å²) < 4.78 is 15.9. The van der Waals surface area contributed by atoms with Gasteiger partial charge in [-0.2, -0.15) is 4.68 Å². The summed E-state index contributed by atoms with van der Waals surface area (Å²) in [6, 6.07) is 14.0. The highest BCUT2D eigenvalue weighted by atomic mass is 35.5. The second-order valence-corrected chi connectivity index (χ2v) is 8.32. The number of para-hydroxylation sites is 1. The number of tetrazole rings is 1. The van der Waals surface area contributed by atoms with E-state index in [4.69, 9.17) is 11.6 Å². The quantitative estimate of drug-likeness (QED) is 0.484. The Labute approximate surface area is 180 Å². The monoisotopic (exact) mass is 442 g/mol. The Balaban J connectivity index is 1.33. The molecule has 30 heavy (non-hydrogen) atoms. The van der Waals surface area contributed by atoms with Crippen molar-refractivity contribution >= 4 is 44.9 Å². The van der Waals surface area contributed by atoms with Crippen molar-refractivity contribution in [1.82, 2.24) is 25.1 Å². The van der Waals surface area contributed by atoms with Gasteiger partial charge in [0, 0.05) is 36.3 Å². The molecule has 0 saturated carbocycles. The van der Waals surface area contributed by atoms with Gasteiger partial charge in [-0.3, -0.25) is 4.79 Å². The Morgan fingerprint density at radius 3 is 2.60 bits per heavy atom. The maximum Gasteiger partial charge on any atom is 0.265 e. The topological polar surface area (TPSA) is 67.2 Å². The number of piperazine rings is 1. The van der Waals surface area contributed by atoms with Gasteiger partial charge >= 0.3 is 0 Å². The van der Waals surface area contributed by atoms with E-state index in [1.54, 1.807) is 15.6 Å². The molecule has 4 aromatic rings. The molecule has 2 aromatic heterocycles. The zero-order valence-corrected chi connectivity index (χ0v) is 17.3. The first-order valence-corrected chi connectivity index (χ1v) is 10.6. The Hall–Kier alpha value is -3.04. The van der Waals surface area contributed by atoms with E-state index in [-0.39, 0.29) is 11.7 Å². The van der Waals surface area contributed by atoms with Crippen LogP contribution in [0.5, 0.6) is 0 Å². The largest absolute Gasteiger partial charge is 0.336 e. The highest BCUT2D eigenvalue weighted by molar-refractivity contribution is 7.21. The summed E-state index contributed by atoms with van der Waals surface area (Å²) in [5, 5.41) is 13.2. The summed E-state index contributed by atoms with van der Waals surface area (Å²) in [7, 11) is 0. The standard InChI is InChI=1S/C20H16ClFN6OS/c21-17-15-7-6-13(22)12-16(15)30-18(17)19(29)26-8-10-27(11-9-26)20-23-24-25-28(20)14-4-2-1-3-5-14/h1-7,12H,8-11H2. The van der Waals surface area contributed by atoms with Crippen molar-refractivity contribution in [3.05, 3.63) is 64.2 Å². The van der Waals surface area contributed by atoms with Crippen LogP contribution in [0.4, 0.5) is 10.3 Å². The average molecular weight is 443 g/mol. The van der Waals surface area contributed by atoms with Crippen LogP contribution in [0.25, 0.3) is 15.8 Å². The fraction of sp³-hybridized carbons (Fsp3) is 0.200. The lowest BCUT2D eigenvalue weighted by molar-refractivity contribution is 0.0751. The molecular weight excluding hydrogens is 427 g/mol. The van der Waals surface area contributed by atoms with Gasteiger partial charge in [-0.25, -0.2) is 4.39 Å². The summed E-state index contributed by atoms with van der Waals surface area (Å²) in [6.07, 6.45) is 0. The number of rotatable bonds is 3. The molecule has 1 aliphatic heterocycles. The lowest BCUT2D eigenvalue weighted by Gasteiger charge is -2.34. The van der Waals surface area contributed by atoms with E-state index >= 15 is 0 Å². The molecule has 0 spiro atoms. The molecule has 1 saturated heterocycles. The van der Waals surface area contributed by atoms with Crippen molar-refractivity contribution in [3.8, 4) is 5.69 Å². The minimum Gasteiger partial charge on any atom is -0.336 e. The molecule has 1 amide bonds. The van der Waals surface area contributed by atoms with Crippen molar-refractivity contribution in [2.24, 2.45) is 0 Å². The number of anilines is 1. The zero-order chi connectivity index (χ0) is 20.7. The molecule has 5 rings (SSSR count). The predicted molar refractivity (Wildman–Crippen MR) is 114 cm³/mol. The van der Waals surface area contributed by atoms with Gasteiger partial charge < -0.3 is 9.80 Å². The molecule has 152 valence electrons. The Bertz CT molecular complexity index is 1220. The Morgan fingerprint density at radius 1 is 1.07 bits per heavy atom. The van der Waals surface area contributed by atoms with E-state index in [1.165, 1.54) is 23.5 Å². The maximum atomic E-state index is 13.5. The minimum absolute atomic E-state index is 0.135. The highest BCUT2D eigenvalue weighted by Crippen LogP contribution is 2.36. The summed E-state index contributed by atoms with van der Waals surface area (Å²) in [5.74, 6) is 0.164. The van der Waals surface area contributed by atoms with Crippen LogP contribution in [0.15, 0.2) is 48.5 Å². The van der Waals surface area contributed by atoms with Crippen LogP contribution in [0.3, 0.4) is 0 Å². The summed E-state index contributed by atoms with van der Waals surface area (Å²) in [5.41, 5.74) is 0.875. The van der Waals surface area contributed by atoms with Gasteiger partial charge in [-0.15, -0.1) is 11.3 Å². The molecule has 0 bridgehead atoms. The van der Waals surface area contributed by atoms with Crippen molar-refractivity contribution in [3.63, 3.8) is 0 Å². The molecule has 1 aliphatic rings. The van der Waals surface area contributed by atoms with E-state index in [1.807, 2.05) is 30.3 Å². The highest BCUT2D eigenvalue weighted by Gasteiger charge is 2.28. The Morgan fingerprint density at radius 2 is 1.83 bits per heavy atom. The van der Waals surface area contributed by atoms with Crippen LogP contribution < -0.4 is 4.90 Å². The predicted octanol–water partition coefficient (Wildman–Crippen LogP) is 3.63. The molecule has 0 unspecified atom stereocenters. The third kappa shape index (κ3) is 3.29. The van der Waals surface area contributed by atoms with Gasteiger partial charge in [0.15, 0.2) is 0 Å². The second kappa shape index (κ2) is 7.66. The first-order chi connectivity index (χ1) is 14.6. The number of carbonyl (C=O) groups is 1. The number of thiophene rings is 1. The molecular formula is C20H16ClFN6OS. The number of hydrogen-bond acceptors (Lipinski definition) is 6. The SMILES string of the molecule is O=C(c1sc2cc(F)ccc2c1Cl)N1CCN(c2nnnn2-c2ccccc2)CC1. The smallest absolute Gasteiger partial charge is 0.265 e. The lowest BCUT2D eigenvalue weighted by atomic mass is 10.2. The lowest BCUT2D eigenvalue weighted by Crippen LogP contribution is -2.49. The molecule has 10 heteroatoms. The van der Waals surface area contributed by atoms with E-state index in [2.05, 4.69) is 20.4 Å². The number of amides is 1. The molecule has 3 heterocycles. The molecule has 7 nitrogen and oxygen atoms in total. The first-order valence-electron chi connectivity index (χ1n) is 9.37. The van der Waals surface area contributed by atoms with E-state index in [0.717, 1.165) is 5.69 Å². The fourth-order valence-electron chi connectivity index (χ4n) is 3.55. The van der Waals surface area contributed by atoms with Crippen molar-refractivity contribution in [2.45, 2.75) is 0 Å². The van der Waals surface area contributed by atoms with Gasteiger partial charge in [0.05, 0.1) is 10.7 Å². The normalized spacial score (nSPS) is 14.5. The van der Waals surface area contributed by atoms with E-state index in [0.29, 0.717) is 52.1 Å².